The van der Waals surface area contributed by atoms with Gasteiger partial charge in [0.15, 0.2) is 0 Å². The third kappa shape index (κ3) is 1.94. The number of carboxylic acids is 1. The number of rotatable bonds is 2. The molecule has 17 heavy (non-hydrogen) atoms. The van der Waals surface area contributed by atoms with Crippen molar-refractivity contribution >= 4 is 24.1 Å². The van der Waals surface area contributed by atoms with Crippen LogP contribution in [0.5, 0.6) is 0 Å². The van der Waals surface area contributed by atoms with Crippen LogP contribution in [0.1, 0.15) is 46.0 Å². The lowest BCUT2D eigenvalue weighted by Crippen LogP contribution is -2.51. The van der Waals surface area contributed by atoms with E-state index in [0.717, 1.165) is 32.1 Å². The van der Waals surface area contributed by atoms with Gasteiger partial charge in [0.2, 0.25) is 6.41 Å². The Morgan fingerprint density at radius 1 is 1.35 bits per heavy atom. The molecule has 1 heterocycles. The molecule has 0 aromatic heterocycles. The molecule has 96 valence electrons. The van der Waals surface area contributed by atoms with Crippen LogP contribution in [0.25, 0.3) is 0 Å². The van der Waals surface area contributed by atoms with E-state index in [9.17, 15) is 14.7 Å². The minimum atomic E-state index is -0.892. The Balaban J connectivity index is 2.36. The second-order valence-corrected chi connectivity index (χ2v) is 7.48. The summed E-state index contributed by atoms with van der Waals surface area (Å²) in [7, 11) is 0. The van der Waals surface area contributed by atoms with E-state index in [2.05, 4.69) is 0 Å². The fraction of sp³-hybridized carbons (Fsp3) is 0.833. The van der Waals surface area contributed by atoms with Crippen LogP contribution in [-0.4, -0.2) is 38.0 Å². The lowest BCUT2D eigenvalue weighted by atomic mass is 9.91. The average molecular weight is 257 g/mol. The Labute approximate surface area is 106 Å². The van der Waals surface area contributed by atoms with Gasteiger partial charge in [0.05, 0.1) is 4.87 Å². The second-order valence-electron chi connectivity index (χ2n) is 5.47. The highest BCUT2D eigenvalue weighted by molar-refractivity contribution is 8.02. The van der Waals surface area contributed by atoms with E-state index < -0.39 is 16.8 Å². The zero-order chi connectivity index (χ0) is 12.7. The normalized spacial score (nSPS) is 30.5. The zero-order valence-corrected chi connectivity index (χ0v) is 11.1. The summed E-state index contributed by atoms with van der Waals surface area (Å²) in [4.78, 5) is 24.0. The first-order chi connectivity index (χ1) is 7.93. The SMILES string of the molecule is CC1(C)SC2(CCCCC2)N(C=O)C1C(=O)O. The van der Waals surface area contributed by atoms with Crippen LogP contribution in [0, 0.1) is 0 Å². The van der Waals surface area contributed by atoms with Crippen molar-refractivity contribution in [1.82, 2.24) is 4.90 Å². The van der Waals surface area contributed by atoms with Crippen LogP contribution >= 0.6 is 11.8 Å². The first-order valence-electron chi connectivity index (χ1n) is 6.10. The van der Waals surface area contributed by atoms with Crippen LogP contribution in [0.4, 0.5) is 0 Å². The summed E-state index contributed by atoms with van der Waals surface area (Å²) in [6.07, 6.45) is 5.94. The number of carbonyl (C=O) groups excluding carboxylic acids is 1. The number of carboxylic acid groups (broad SMARTS) is 1. The zero-order valence-electron chi connectivity index (χ0n) is 10.3. The summed E-state index contributed by atoms with van der Waals surface area (Å²) in [6, 6.07) is -0.705. The standard InChI is InChI=1S/C12H19NO3S/c1-11(2)9(10(15)16)13(8-14)12(17-11)6-4-3-5-7-12/h8-9H,3-7H2,1-2H3,(H,15,16). The van der Waals surface area contributed by atoms with E-state index in [-0.39, 0.29) is 4.87 Å². The van der Waals surface area contributed by atoms with Gasteiger partial charge in [-0.15, -0.1) is 11.8 Å². The molecule has 1 aliphatic heterocycles. The predicted molar refractivity (Wildman–Crippen MR) is 66.8 cm³/mol. The van der Waals surface area contributed by atoms with E-state index in [1.165, 1.54) is 6.42 Å². The Morgan fingerprint density at radius 2 is 1.94 bits per heavy atom. The topological polar surface area (TPSA) is 57.6 Å². The maximum atomic E-state index is 11.4. The Bertz CT molecular complexity index is 337. The summed E-state index contributed by atoms with van der Waals surface area (Å²) >= 11 is 1.67. The number of hydrogen-bond acceptors (Lipinski definition) is 3. The van der Waals surface area contributed by atoms with Crippen LogP contribution in [0.15, 0.2) is 0 Å². The van der Waals surface area contributed by atoms with Gasteiger partial charge in [0.25, 0.3) is 0 Å². The molecule has 1 aliphatic carbocycles. The largest absolute Gasteiger partial charge is 0.480 e. The summed E-state index contributed by atoms with van der Waals surface area (Å²) < 4.78 is -0.413. The molecule has 0 aromatic carbocycles. The first kappa shape index (κ1) is 12.7. The van der Waals surface area contributed by atoms with Crippen molar-refractivity contribution in [2.24, 2.45) is 0 Å². The molecule has 0 aromatic rings. The highest BCUT2D eigenvalue weighted by Gasteiger charge is 2.58. The highest BCUT2D eigenvalue weighted by Crippen LogP contribution is 2.56. The van der Waals surface area contributed by atoms with Crippen molar-refractivity contribution < 1.29 is 14.7 Å². The number of nitrogens with zero attached hydrogens (tertiary/aromatic N) is 1. The smallest absolute Gasteiger partial charge is 0.327 e. The molecule has 1 spiro atoms. The molecule has 1 saturated heterocycles. The fourth-order valence-electron chi connectivity index (χ4n) is 3.21. The maximum absolute atomic E-state index is 11.4. The van der Waals surface area contributed by atoms with E-state index in [1.807, 2.05) is 13.8 Å². The molecule has 1 atom stereocenters. The summed E-state index contributed by atoms with van der Waals surface area (Å²) in [5.74, 6) is -0.892. The highest BCUT2D eigenvalue weighted by atomic mass is 32.2. The number of amides is 1. The molecule has 2 fully saturated rings. The van der Waals surface area contributed by atoms with Gasteiger partial charge < -0.3 is 10.0 Å². The number of aliphatic carboxylic acids is 1. The van der Waals surface area contributed by atoms with Crippen LogP contribution in [0.2, 0.25) is 0 Å². The molecule has 1 amide bonds. The fourth-order valence-corrected chi connectivity index (χ4v) is 5.26. The first-order valence-corrected chi connectivity index (χ1v) is 6.91. The Morgan fingerprint density at radius 3 is 2.41 bits per heavy atom. The molecule has 5 heteroatoms. The quantitative estimate of drug-likeness (QED) is 0.770. The summed E-state index contributed by atoms with van der Waals surface area (Å²) in [5, 5.41) is 9.35. The van der Waals surface area contributed by atoms with Crippen LogP contribution < -0.4 is 0 Å². The molecule has 0 radical (unpaired) electrons. The van der Waals surface area contributed by atoms with E-state index in [4.69, 9.17) is 0 Å². The second kappa shape index (κ2) is 4.19. The van der Waals surface area contributed by atoms with Gasteiger partial charge in [0, 0.05) is 4.75 Å². The number of carbonyl (C=O) groups is 2. The lowest BCUT2D eigenvalue weighted by Gasteiger charge is -2.39. The molecular formula is C12H19NO3S. The Hall–Kier alpha value is -0.710. The van der Waals surface area contributed by atoms with Gasteiger partial charge >= 0.3 is 5.97 Å². The van der Waals surface area contributed by atoms with Gasteiger partial charge in [-0.25, -0.2) is 4.79 Å². The van der Waals surface area contributed by atoms with Crippen molar-refractivity contribution in [2.75, 3.05) is 0 Å². The molecule has 1 unspecified atom stereocenters. The molecule has 1 saturated carbocycles. The van der Waals surface area contributed by atoms with E-state index in [1.54, 1.807) is 16.7 Å². The van der Waals surface area contributed by atoms with Gasteiger partial charge in [-0.3, -0.25) is 4.79 Å². The van der Waals surface area contributed by atoms with Gasteiger partial charge in [-0.2, -0.15) is 0 Å². The maximum Gasteiger partial charge on any atom is 0.327 e. The molecule has 0 bridgehead atoms. The monoisotopic (exact) mass is 257 g/mol. The number of hydrogen-bond donors (Lipinski definition) is 1. The van der Waals surface area contributed by atoms with Crippen molar-refractivity contribution in [2.45, 2.75) is 61.6 Å². The van der Waals surface area contributed by atoms with Crippen molar-refractivity contribution in [3.05, 3.63) is 0 Å². The van der Waals surface area contributed by atoms with Gasteiger partial charge in [0.1, 0.15) is 6.04 Å². The van der Waals surface area contributed by atoms with E-state index >= 15 is 0 Å². The molecule has 2 aliphatic rings. The summed E-state index contributed by atoms with van der Waals surface area (Å²) in [5.41, 5.74) is 0. The van der Waals surface area contributed by atoms with Gasteiger partial charge in [-0.1, -0.05) is 19.3 Å². The lowest BCUT2D eigenvalue weighted by molar-refractivity contribution is -0.149. The minimum absolute atomic E-state index is 0.271. The number of thioether (sulfide) groups is 1. The molecule has 1 N–H and O–H groups in total. The predicted octanol–water partition coefficient (Wildman–Crippen LogP) is 2.08. The summed E-state index contributed by atoms with van der Waals surface area (Å²) in [6.45, 7) is 3.85. The molecule has 4 nitrogen and oxygen atoms in total. The van der Waals surface area contributed by atoms with Gasteiger partial charge in [-0.05, 0) is 26.7 Å². The average Bonchev–Trinajstić information content (AvgIpc) is 2.46. The van der Waals surface area contributed by atoms with Crippen LogP contribution in [0.3, 0.4) is 0 Å². The van der Waals surface area contributed by atoms with Crippen molar-refractivity contribution in [1.29, 1.82) is 0 Å². The van der Waals surface area contributed by atoms with Crippen LogP contribution in [-0.2, 0) is 9.59 Å². The molecular weight excluding hydrogens is 238 g/mol. The Kier molecular flexibility index (Phi) is 3.14. The van der Waals surface area contributed by atoms with Crippen molar-refractivity contribution in [3.63, 3.8) is 0 Å². The third-order valence-corrected chi connectivity index (χ3v) is 5.59. The molecule has 2 rings (SSSR count). The van der Waals surface area contributed by atoms with E-state index in [0.29, 0.717) is 0 Å². The minimum Gasteiger partial charge on any atom is -0.480 e. The van der Waals surface area contributed by atoms with Crippen molar-refractivity contribution in [3.8, 4) is 0 Å². The third-order valence-electron chi connectivity index (χ3n) is 3.84.